The predicted octanol–water partition coefficient (Wildman–Crippen LogP) is 4.43. The van der Waals surface area contributed by atoms with Crippen molar-refractivity contribution in [3.05, 3.63) is 75.2 Å². The van der Waals surface area contributed by atoms with Gasteiger partial charge in [0.2, 0.25) is 5.91 Å². The Labute approximate surface area is 237 Å². The van der Waals surface area contributed by atoms with E-state index in [0.29, 0.717) is 46.4 Å². The summed E-state index contributed by atoms with van der Waals surface area (Å²) in [7, 11) is 0. The van der Waals surface area contributed by atoms with E-state index < -0.39 is 6.10 Å². The van der Waals surface area contributed by atoms with E-state index in [2.05, 4.69) is 21.5 Å². The van der Waals surface area contributed by atoms with Crippen molar-refractivity contribution < 1.29 is 14.7 Å². The number of pyridine rings is 1. The zero-order valence-electron chi connectivity index (χ0n) is 22.6. The summed E-state index contributed by atoms with van der Waals surface area (Å²) >= 11 is 6.15. The summed E-state index contributed by atoms with van der Waals surface area (Å²) in [6.07, 6.45) is 4.92. The van der Waals surface area contributed by atoms with Gasteiger partial charge >= 0.3 is 0 Å². The average Bonchev–Trinajstić information content (AvgIpc) is 3.40. The second kappa shape index (κ2) is 10.0. The number of benzene rings is 1. The van der Waals surface area contributed by atoms with E-state index in [1.807, 2.05) is 26.0 Å². The van der Waals surface area contributed by atoms with E-state index in [1.165, 1.54) is 0 Å². The van der Waals surface area contributed by atoms with Gasteiger partial charge in [-0.1, -0.05) is 11.6 Å². The van der Waals surface area contributed by atoms with Crippen LogP contribution in [0.15, 0.2) is 36.7 Å². The lowest BCUT2D eigenvalue weighted by Crippen LogP contribution is -2.43. The average molecular weight is 559 g/mol. The summed E-state index contributed by atoms with van der Waals surface area (Å²) in [4.78, 5) is 32.1. The number of carbonyl (C=O) groups excluding carboxylic acids is 2. The number of nitriles is 1. The first-order valence-corrected chi connectivity index (χ1v) is 14.1. The van der Waals surface area contributed by atoms with E-state index in [9.17, 15) is 20.0 Å². The molecule has 2 aliphatic carbocycles. The normalized spacial score (nSPS) is 24.6. The molecule has 2 saturated carbocycles. The molecule has 0 unspecified atom stereocenters. The van der Waals surface area contributed by atoms with Crippen LogP contribution in [0.3, 0.4) is 0 Å². The number of nitrogens with zero attached hydrogens (tertiary/aromatic N) is 5. The van der Waals surface area contributed by atoms with Crippen molar-refractivity contribution in [2.45, 2.75) is 64.1 Å². The molecule has 0 spiro atoms. The molecule has 206 valence electrons. The number of hydrogen-bond acceptors (Lipinski definition) is 6. The van der Waals surface area contributed by atoms with Crippen LogP contribution in [0.25, 0.3) is 0 Å². The summed E-state index contributed by atoms with van der Waals surface area (Å²) in [6.45, 7) is 6.28. The number of aliphatic hydroxyl groups is 1. The smallest absolute Gasteiger partial charge is 0.255 e. The predicted molar refractivity (Wildman–Crippen MR) is 149 cm³/mol. The van der Waals surface area contributed by atoms with Crippen LogP contribution in [0.1, 0.15) is 89.5 Å². The van der Waals surface area contributed by atoms with Crippen LogP contribution in [0.4, 0.5) is 5.82 Å². The summed E-state index contributed by atoms with van der Waals surface area (Å²) in [6, 6.07) is 9.12. The molecule has 0 bridgehead atoms. The molecule has 4 atom stereocenters. The molecule has 40 heavy (non-hydrogen) atoms. The minimum absolute atomic E-state index is 0.0519. The second-order valence-electron chi connectivity index (χ2n) is 11.4. The van der Waals surface area contributed by atoms with E-state index in [4.69, 9.17) is 11.6 Å². The topological polar surface area (TPSA) is 124 Å². The van der Waals surface area contributed by atoms with Crippen molar-refractivity contribution in [2.24, 2.45) is 11.8 Å². The summed E-state index contributed by atoms with van der Waals surface area (Å²) in [5, 5.41) is 28.1. The Balaban J connectivity index is 1.16. The number of amides is 2. The lowest BCUT2D eigenvalue weighted by atomic mass is 9.74. The summed E-state index contributed by atoms with van der Waals surface area (Å²) < 4.78 is 1.69. The van der Waals surface area contributed by atoms with Crippen LogP contribution >= 0.6 is 11.6 Å². The van der Waals surface area contributed by atoms with Crippen molar-refractivity contribution in [2.75, 3.05) is 11.4 Å². The number of aromatic nitrogens is 3. The maximum absolute atomic E-state index is 13.3. The van der Waals surface area contributed by atoms with E-state index in [1.54, 1.807) is 41.0 Å². The SMILES string of the molecule is Cc1cc(N2C[C@H]3C[C@H]3C2=O)ncc1[C@@H](C)n1cc(C(=O)NC2CC(c3cc(Cl)ccc3C#N)C2)c([C@@H](C)O)n1. The first kappa shape index (κ1) is 26.5. The van der Waals surface area contributed by atoms with Crippen LogP contribution in [0.2, 0.25) is 5.02 Å². The largest absolute Gasteiger partial charge is 0.387 e. The molecule has 10 heteroatoms. The Morgan fingerprint density at radius 2 is 2.02 bits per heavy atom. The fourth-order valence-electron chi connectivity index (χ4n) is 6.08. The lowest BCUT2D eigenvalue weighted by Gasteiger charge is -2.36. The number of carbonyl (C=O) groups is 2. The minimum atomic E-state index is -0.929. The van der Waals surface area contributed by atoms with Crippen molar-refractivity contribution in [3.63, 3.8) is 0 Å². The molecule has 6 rings (SSSR count). The molecular formula is C30H31ClN6O3. The molecule has 3 heterocycles. The molecule has 1 aromatic carbocycles. The van der Waals surface area contributed by atoms with Gasteiger partial charge in [0.05, 0.1) is 29.3 Å². The van der Waals surface area contributed by atoms with Gasteiger partial charge in [-0.15, -0.1) is 0 Å². The second-order valence-corrected chi connectivity index (χ2v) is 11.8. The summed E-state index contributed by atoms with van der Waals surface area (Å²) in [5.74, 6) is 1.34. The zero-order valence-corrected chi connectivity index (χ0v) is 23.4. The first-order valence-electron chi connectivity index (χ1n) is 13.7. The highest BCUT2D eigenvalue weighted by Crippen LogP contribution is 2.47. The number of aryl methyl sites for hydroxylation is 1. The van der Waals surface area contributed by atoms with Crippen molar-refractivity contribution in [1.29, 1.82) is 5.26 Å². The van der Waals surface area contributed by atoms with Gasteiger partial charge in [0, 0.05) is 35.9 Å². The van der Waals surface area contributed by atoms with Gasteiger partial charge in [-0.3, -0.25) is 19.2 Å². The van der Waals surface area contributed by atoms with Crippen LogP contribution in [-0.2, 0) is 4.79 Å². The lowest BCUT2D eigenvalue weighted by molar-refractivity contribution is -0.118. The third kappa shape index (κ3) is 4.65. The molecule has 2 N–H and O–H groups in total. The van der Waals surface area contributed by atoms with E-state index >= 15 is 0 Å². The Morgan fingerprint density at radius 1 is 1.25 bits per heavy atom. The Kier molecular flexibility index (Phi) is 6.64. The van der Waals surface area contributed by atoms with Crippen LogP contribution in [0, 0.1) is 30.1 Å². The Morgan fingerprint density at radius 3 is 2.67 bits per heavy atom. The van der Waals surface area contributed by atoms with Crippen LogP contribution < -0.4 is 10.2 Å². The van der Waals surface area contributed by atoms with Gasteiger partial charge in [-0.05, 0) is 92.8 Å². The Hall–Kier alpha value is -3.74. The molecule has 1 saturated heterocycles. The van der Waals surface area contributed by atoms with Gasteiger partial charge in [0.15, 0.2) is 0 Å². The fraction of sp³-hybridized carbons (Fsp3) is 0.433. The van der Waals surface area contributed by atoms with E-state index in [-0.39, 0.29) is 35.7 Å². The highest BCUT2D eigenvalue weighted by atomic mass is 35.5. The molecule has 2 amide bonds. The maximum Gasteiger partial charge on any atom is 0.255 e. The zero-order chi connectivity index (χ0) is 28.3. The molecular weight excluding hydrogens is 528 g/mol. The number of nitrogens with one attached hydrogen (secondary N) is 1. The maximum atomic E-state index is 13.3. The molecule has 9 nitrogen and oxygen atoms in total. The standard InChI is InChI=1S/C30H31ClN6O3/c1-15-6-27(36-13-20-9-24(20)30(36)40)33-12-25(15)16(2)37-14-26(28(35-37)17(3)38)29(39)34-22-7-19(8-22)23-10-21(31)5-4-18(23)11-32/h4-6,10,12,14,16-17,19-20,22,24,38H,7-9,13H2,1-3H3,(H,34,39)/t16-,17-,19?,20-,22?,24-/m1/s1. The molecule has 2 aromatic heterocycles. The fourth-order valence-corrected chi connectivity index (χ4v) is 6.26. The van der Waals surface area contributed by atoms with Crippen molar-refractivity contribution in [3.8, 4) is 6.07 Å². The first-order chi connectivity index (χ1) is 19.1. The third-order valence-electron chi connectivity index (χ3n) is 8.63. The highest BCUT2D eigenvalue weighted by molar-refractivity contribution is 6.30. The summed E-state index contributed by atoms with van der Waals surface area (Å²) in [5.41, 5.74) is 4.05. The third-order valence-corrected chi connectivity index (χ3v) is 8.87. The number of rotatable bonds is 7. The highest BCUT2D eigenvalue weighted by Gasteiger charge is 2.52. The number of hydrogen-bond donors (Lipinski definition) is 2. The van der Waals surface area contributed by atoms with Gasteiger partial charge in [0.1, 0.15) is 11.5 Å². The molecule has 1 aliphatic heterocycles. The van der Waals surface area contributed by atoms with Gasteiger partial charge in [-0.2, -0.15) is 10.4 Å². The number of piperidine rings is 1. The van der Waals surface area contributed by atoms with Crippen molar-refractivity contribution >= 4 is 29.2 Å². The van der Waals surface area contributed by atoms with Crippen LogP contribution in [0.5, 0.6) is 0 Å². The van der Waals surface area contributed by atoms with Gasteiger partial charge in [0.25, 0.3) is 5.91 Å². The number of anilines is 1. The molecule has 3 aliphatic rings. The number of halogens is 1. The van der Waals surface area contributed by atoms with Gasteiger partial charge < -0.3 is 10.4 Å². The quantitative estimate of drug-likeness (QED) is 0.442. The number of aliphatic hydroxyl groups excluding tert-OH is 1. The van der Waals surface area contributed by atoms with E-state index in [0.717, 1.165) is 29.7 Å². The minimum Gasteiger partial charge on any atom is -0.387 e. The monoisotopic (exact) mass is 558 g/mol. The molecule has 0 radical (unpaired) electrons. The van der Waals surface area contributed by atoms with Crippen molar-refractivity contribution in [1.82, 2.24) is 20.1 Å². The molecule has 3 fully saturated rings. The number of fused-ring (bicyclic) bond motifs is 1. The molecule has 3 aromatic rings. The Bertz CT molecular complexity index is 1550. The van der Waals surface area contributed by atoms with Crippen LogP contribution in [-0.4, -0.2) is 44.3 Å². The van der Waals surface area contributed by atoms with Gasteiger partial charge in [-0.25, -0.2) is 4.98 Å².